The number of alkyl halides is 3. The normalized spacial score (nSPS) is 18.8. The number of hydrogen-bond acceptors (Lipinski definition) is 9. The van der Waals surface area contributed by atoms with E-state index in [1.165, 1.54) is 30.8 Å². The van der Waals surface area contributed by atoms with Gasteiger partial charge in [-0.2, -0.15) is 13.2 Å². The van der Waals surface area contributed by atoms with Gasteiger partial charge in [0.25, 0.3) is 5.56 Å². The Hall–Kier alpha value is -4.82. The second-order valence-corrected chi connectivity index (χ2v) is 10.6. The highest BCUT2D eigenvalue weighted by Crippen LogP contribution is 2.30. The molecule has 12 nitrogen and oxygen atoms in total. The number of rotatable bonds is 6. The summed E-state index contributed by atoms with van der Waals surface area (Å²) < 4.78 is 46.8. The molecule has 0 radical (unpaired) electrons. The summed E-state index contributed by atoms with van der Waals surface area (Å²) in [5.41, 5.74) is -0.887. The number of nitrogens with zero attached hydrogens (tertiary/aromatic N) is 6. The molecule has 0 fully saturated rings. The molecular weight excluding hydrogens is 569 g/mol. The molecule has 2 aliphatic heterocycles. The summed E-state index contributed by atoms with van der Waals surface area (Å²) in [6.07, 6.45) is 1.19. The van der Waals surface area contributed by atoms with Crippen LogP contribution in [0, 0.1) is 25.7 Å². The molecule has 0 aromatic carbocycles. The van der Waals surface area contributed by atoms with Crippen molar-refractivity contribution in [3.63, 3.8) is 0 Å². The second-order valence-electron chi connectivity index (χ2n) is 10.6. The molecule has 2 aliphatic rings. The zero-order chi connectivity index (χ0) is 31.1. The van der Waals surface area contributed by atoms with Gasteiger partial charge in [-0.3, -0.25) is 23.7 Å². The van der Waals surface area contributed by atoms with Crippen LogP contribution in [-0.2, 0) is 31.0 Å². The summed E-state index contributed by atoms with van der Waals surface area (Å²) in [6.45, 7) is 4.72. The number of nitrogens with one attached hydrogen (secondary N) is 2. The number of amides is 1. The molecule has 0 aliphatic carbocycles. The van der Waals surface area contributed by atoms with E-state index in [2.05, 4.69) is 30.8 Å². The molecule has 2 unspecified atom stereocenters. The van der Waals surface area contributed by atoms with Crippen LogP contribution < -0.4 is 21.9 Å². The molecular formula is C28H29F3N8O4. The topological polar surface area (TPSA) is 149 Å². The lowest BCUT2D eigenvalue weighted by atomic mass is 9.89. The third-order valence-electron chi connectivity index (χ3n) is 7.47. The van der Waals surface area contributed by atoms with Crippen molar-refractivity contribution < 1.29 is 22.5 Å². The van der Waals surface area contributed by atoms with Crippen LogP contribution in [0.1, 0.15) is 47.2 Å². The van der Waals surface area contributed by atoms with E-state index in [9.17, 15) is 27.6 Å². The Kier molecular flexibility index (Phi) is 7.90. The maximum Gasteiger partial charge on any atom is 0.433 e. The van der Waals surface area contributed by atoms with Gasteiger partial charge in [0.15, 0.2) is 0 Å². The first kappa shape index (κ1) is 29.7. The molecule has 3 aromatic rings. The van der Waals surface area contributed by atoms with Gasteiger partial charge in [0, 0.05) is 49.1 Å². The Labute approximate surface area is 243 Å². The molecule has 0 bridgehead atoms. The molecule has 43 heavy (non-hydrogen) atoms. The van der Waals surface area contributed by atoms with Crippen LogP contribution in [0.15, 0.2) is 54.7 Å². The van der Waals surface area contributed by atoms with E-state index in [-0.39, 0.29) is 35.6 Å². The third-order valence-corrected chi connectivity index (χ3v) is 7.47. The zero-order valence-electron chi connectivity index (χ0n) is 23.8. The summed E-state index contributed by atoms with van der Waals surface area (Å²) in [4.78, 5) is 51.7. The fraction of sp³-hybridized carbons (Fsp3) is 0.393. The van der Waals surface area contributed by atoms with Crippen molar-refractivity contribution in [3.05, 3.63) is 85.3 Å². The average molecular weight is 599 g/mol. The molecule has 226 valence electrons. The van der Waals surface area contributed by atoms with E-state index >= 15 is 0 Å². The molecule has 2 N–H and O–H groups in total. The number of carbonyl (C=O) groups is 1. The van der Waals surface area contributed by atoms with Gasteiger partial charge in [0.2, 0.25) is 5.91 Å². The lowest BCUT2D eigenvalue weighted by molar-refractivity contribution is -0.141. The van der Waals surface area contributed by atoms with E-state index in [0.717, 1.165) is 10.8 Å². The van der Waals surface area contributed by atoms with Crippen LogP contribution in [0.5, 0.6) is 0 Å². The van der Waals surface area contributed by atoms with Crippen LogP contribution in [0.3, 0.4) is 0 Å². The highest BCUT2D eigenvalue weighted by molar-refractivity contribution is 6.00. The minimum Gasteiger partial charge on any atom is -0.361 e. The molecule has 15 heteroatoms. The van der Waals surface area contributed by atoms with Crippen LogP contribution in [0.2, 0.25) is 0 Å². The van der Waals surface area contributed by atoms with E-state index in [1.54, 1.807) is 32.2 Å². The van der Waals surface area contributed by atoms with Crippen molar-refractivity contribution in [2.75, 3.05) is 0 Å². The molecule has 3 aromatic heterocycles. The zero-order valence-corrected chi connectivity index (χ0v) is 23.8. The fourth-order valence-electron chi connectivity index (χ4n) is 5.09. The average Bonchev–Trinajstić information content (AvgIpc) is 3.24. The molecule has 5 heterocycles. The lowest BCUT2D eigenvalue weighted by Crippen LogP contribution is -2.50. The standard InChI is InChI=1S/C28H29F3N8O4/c1-14-9-18(12-33-22(14)28(29,30)31)23-32-8-7-21(35-23)36-25(40)16(3)17-5-6-20-24(34-11-17)38(4)27(42)39(26(20)41)13-19-10-15(2)43-37-19/h7-12,16-17,21H,5-6,13H2,1-4H3,(H,32,35)(H,36,40)/t16-,17?,21?/m1/s1. The number of hydrogen-bond donors (Lipinski definition) is 2. The number of aryl methyl sites for hydroxylation is 2. The summed E-state index contributed by atoms with van der Waals surface area (Å²) in [7, 11) is 1.53. The Morgan fingerprint density at radius 1 is 1.26 bits per heavy atom. The lowest BCUT2D eigenvalue weighted by Gasteiger charge is -2.25. The molecule has 0 saturated carbocycles. The first-order valence-corrected chi connectivity index (χ1v) is 13.5. The van der Waals surface area contributed by atoms with Crippen molar-refractivity contribution in [1.82, 2.24) is 29.9 Å². The number of carbonyl (C=O) groups excluding carboxylic acids is 1. The van der Waals surface area contributed by atoms with E-state index in [0.29, 0.717) is 35.4 Å². The van der Waals surface area contributed by atoms with Gasteiger partial charge < -0.3 is 15.2 Å². The van der Waals surface area contributed by atoms with Gasteiger partial charge in [0.05, 0.1) is 12.1 Å². The maximum atomic E-state index is 13.3. The van der Waals surface area contributed by atoms with Gasteiger partial charge in [0.1, 0.15) is 35.0 Å². The maximum absolute atomic E-state index is 13.3. The quantitative estimate of drug-likeness (QED) is 0.443. The van der Waals surface area contributed by atoms with E-state index in [4.69, 9.17) is 4.52 Å². The van der Waals surface area contributed by atoms with Gasteiger partial charge >= 0.3 is 11.9 Å². The van der Waals surface area contributed by atoms with Gasteiger partial charge in [-0.15, -0.1) is 0 Å². The minimum atomic E-state index is -4.57. The molecule has 0 spiro atoms. The summed E-state index contributed by atoms with van der Waals surface area (Å²) in [5.74, 6) is -0.173. The Balaban J connectivity index is 1.26. The van der Waals surface area contributed by atoms with Crippen LogP contribution >= 0.6 is 0 Å². The number of halogens is 3. The smallest absolute Gasteiger partial charge is 0.361 e. The van der Waals surface area contributed by atoms with Gasteiger partial charge in [-0.1, -0.05) is 12.1 Å². The van der Waals surface area contributed by atoms with Gasteiger partial charge in [-0.25, -0.2) is 14.8 Å². The summed E-state index contributed by atoms with van der Waals surface area (Å²) >= 11 is 0. The van der Waals surface area contributed by atoms with Crippen LogP contribution in [-0.4, -0.2) is 43.4 Å². The number of fused-ring (bicyclic) bond motifs is 1. The number of aromatic nitrogens is 4. The minimum absolute atomic E-state index is 0.0443. The van der Waals surface area contributed by atoms with Crippen LogP contribution in [0.25, 0.3) is 0 Å². The van der Waals surface area contributed by atoms with Crippen molar-refractivity contribution in [1.29, 1.82) is 0 Å². The Morgan fingerprint density at radius 2 is 2.02 bits per heavy atom. The Bertz CT molecular complexity index is 1780. The number of aliphatic imine (C=N–C) groups is 2. The monoisotopic (exact) mass is 598 g/mol. The van der Waals surface area contributed by atoms with E-state index < -0.39 is 35.2 Å². The summed E-state index contributed by atoms with van der Waals surface area (Å²) in [5, 5.41) is 9.74. The van der Waals surface area contributed by atoms with Crippen molar-refractivity contribution in [2.45, 2.75) is 52.5 Å². The SMILES string of the molecule is Cc1cc(Cn2c(=O)c3c(n(C)c2=O)N=CC([C@@H](C)C(=O)NC2C=CN=C(c4cnc(C(F)(F)F)c(C)c4)N2)CC3)no1. The number of amidine groups is 1. The van der Waals surface area contributed by atoms with Crippen molar-refractivity contribution >= 4 is 23.8 Å². The highest BCUT2D eigenvalue weighted by atomic mass is 19.4. The first-order valence-electron chi connectivity index (χ1n) is 13.5. The van der Waals surface area contributed by atoms with Crippen molar-refractivity contribution in [2.24, 2.45) is 28.9 Å². The molecule has 5 rings (SSSR count). The first-order chi connectivity index (χ1) is 20.3. The van der Waals surface area contributed by atoms with Crippen LogP contribution in [0.4, 0.5) is 19.0 Å². The largest absolute Gasteiger partial charge is 0.433 e. The third kappa shape index (κ3) is 6.05. The predicted molar refractivity (Wildman–Crippen MR) is 150 cm³/mol. The van der Waals surface area contributed by atoms with E-state index in [1.807, 2.05) is 0 Å². The fourth-order valence-corrected chi connectivity index (χ4v) is 5.09. The molecule has 3 atom stereocenters. The van der Waals surface area contributed by atoms with Crippen molar-refractivity contribution in [3.8, 4) is 0 Å². The second kappa shape index (κ2) is 11.5. The van der Waals surface area contributed by atoms with Gasteiger partial charge in [-0.05, 0) is 44.4 Å². The summed E-state index contributed by atoms with van der Waals surface area (Å²) in [6, 6.07) is 2.98. The Morgan fingerprint density at radius 3 is 2.70 bits per heavy atom. The highest BCUT2D eigenvalue weighted by Gasteiger charge is 2.35. The number of pyridine rings is 1. The molecule has 0 saturated heterocycles. The molecule has 1 amide bonds. The predicted octanol–water partition coefficient (Wildman–Crippen LogP) is 2.52.